The van der Waals surface area contributed by atoms with Crippen LogP contribution in [0.1, 0.15) is 37.7 Å². The Kier molecular flexibility index (Phi) is 1.84. The zero-order valence-corrected chi connectivity index (χ0v) is 8.94. The standard InChI is InChI=1S/C13H15NO/c1-9(15)14-12-7-3-2-5-10(12)11-6-4-8-13(11)14/h2-3,5,7,11,13H,4,6,8H2,1H3/t11-,13-/m0/s1. The average Bonchev–Trinajstić information content (AvgIpc) is 2.75. The highest BCUT2D eigenvalue weighted by Crippen LogP contribution is 2.48. The molecule has 0 bridgehead atoms. The minimum Gasteiger partial charge on any atom is -0.309 e. The predicted molar refractivity (Wildman–Crippen MR) is 60.0 cm³/mol. The van der Waals surface area contributed by atoms with Crippen molar-refractivity contribution >= 4 is 11.6 Å². The van der Waals surface area contributed by atoms with Crippen LogP contribution in [0.5, 0.6) is 0 Å². The first-order valence-electron chi connectivity index (χ1n) is 5.68. The Labute approximate surface area is 89.9 Å². The van der Waals surface area contributed by atoms with Gasteiger partial charge in [0.25, 0.3) is 0 Å². The summed E-state index contributed by atoms with van der Waals surface area (Å²) in [6.45, 7) is 1.68. The van der Waals surface area contributed by atoms with Gasteiger partial charge in [0.15, 0.2) is 0 Å². The van der Waals surface area contributed by atoms with Crippen LogP contribution in [-0.2, 0) is 4.79 Å². The molecule has 1 aliphatic carbocycles. The molecule has 1 aromatic rings. The van der Waals surface area contributed by atoms with Gasteiger partial charge in [0.1, 0.15) is 0 Å². The molecule has 0 spiro atoms. The SMILES string of the molecule is CC(=O)N1c2ccccc2[C@@H]2CCC[C@@H]21. The molecule has 2 atom stereocenters. The lowest BCUT2D eigenvalue weighted by Gasteiger charge is -2.23. The molecule has 1 aromatic carbocycles. The normalized spacial score (nSPS) is 27.7. The summed E-state index contributed by atoms with van der Waals surface area (Å²) in [4.78, 5) is 13.7. The zero-order valence-electron chi connectivity index (χ0n) is 8.94. The average molecular weight is 201 g/mol. The fourth-order valence-corrected chi connectivity index (χ4v) is 3.21. The van der Waals surface area contributed by atoms with Gasteiger partial charge in [-0.3, -0.25) is 4.79 Å². The van der Waals surface area contributed by atoms with Crippen LogP contribution < -0.4 is 4.90 Å². The number of anilines is 1. The Morgan fingerprint density at radius 2 is 2.13 bits per heavy atom. The molecule has 15 heavy (non-hydrogen) atoms. The summed E-state index contributed by atoms with van der Waals surface area (Å²) in [5.41, 5.74) is 2.54. The van der Waals surface area contributed by atoms with Gasteiger partial charge < -0.3 is 4.90 Å². The van der Waals surface area contributed by atoms with Gasteiger partial charge in [-0.05, 0) is 24.5 Å². The zero-order chi connectivity index (χ0) is 10.4. The van der Waals surface area contributed by atoms with Crippen LogP contribution in [0.3, 0.4) is 0 Å². The van der Waals surface area contributed by atoms with E-state index in [0.717, 1.165) is 5.69 Å². The third kappa shape index (κ3) is 1.14. The van der Waals surface area contributed by atoms with Gasteiger partial charge in [-0.25, -0.2) is 0 Å². The fraction of sp³-hybridized carbons (Fsp3) is 0.462. The van der Waals surface area contributed by atoms with Gasteiger partial charge in [-0.2, -0.15) is 0 Å². The van der Waals surface area contributed by atoms with Crippen molar-refractivity contribution in [3.63, 3.8) is 0 Å². The fourth-order valence-electron chi connectivity index (χ4n) is 3.21. The number of hydrogen-bond acceptors (Lipinski definition) is 1. The van der Waals surface area contributed by atoms with E-state index in [1.165, 1.54) is 24.8 Å². The second-order valence-electron chi connectivity index (χ2n) is 4.55. The monoisotopic (exact) mass is 201 g/mol. The van der Waals surface area contributed by atoms with Crippen molar-refractivity contribution in [2.24, 2.45) is 0 Å². The first kappa shape index (κ1) is 8.96. The smallest absolute Gasteiger partial charge is 0.224 e. The summed E-state index contributed by atoms with van der Waals surface area (Å²) in [5.74, 6) is 0.793. The molecule has 1 saturated carbocycles. The molecule has 1 amide bonds. The molecule has 0 saturated heterocycles. The Bertz CT molecular complexity index is 413. The summed E-state index contributed by atoms with van der Waals surface area (Å²) in [7, 11) is 0. The second kappa shape index (κ2) is 3.09. The van der Waals surface area contributed by atoms with E-state index in [4.69, 9.17) is 0 Å². The van der Waals surface area contributed by atoms with Crippen molar-refractivity contribution in [1.29, 1.82) is 0 Å². The van der Waals surface area contributed by atoms with E-state index >= 15 is 0 Å². The second-order valence-corrected chi connectivity index (χ2v) is 4.55. The molecule has 0 N–H and O–H groups in total. The van der Waals surface area contributed by atoms with E-state index in [1.807, 2.05) is 11.0 Å². The van der Waals surface area contributed by atoms with E-state index < -0.39 is 0 Å². The lowest BCUT2D eigenvalue weighted by molar-refractivity contribution is -0.116. The third-order valence-electron chi connectivity index (χ3n) is 3.75. The molecule has 78 valence electrons. The van der Waals surface area contributed by atoms with E-state index in [9.17, 15) is 4.79 Å². The van der Waals surface area contributed by atoms with E-state index in [2.05, 4.69) is 18.2 Å². The Balaban J connectivity index is 2.13. The molecular formula is C13H15NO. The molecule has 0 aromatic heterocycles. The van der Waals surface area contributed by atoms with Crippen molar-refractivity contribution in [2.45, 2.75) is 38.1 Å². The van der Waals surface area contributed by atoms with Crippen LogP contribution in [0.25, 0.3) is 0 Å². The number of carbonyl (C=O) groups excluding carboxylic acids is 1. The first-order chi connectivity index (χ1) is 7.29. The summed E-state index contributed by atoms with van der Waals surface area (Å²) < 4.78 is 0. The van der Waals surface area contributed by atoms with E-state index in [0.29, 0.717) is 12.0 Å². The van der Waals surface area contributed by atoms with Crippen LogP contribution in [0.2, 0.25) is 0 Å². The summed E-state index contributed by atoms with van der Waals surface area (Å²) >= 11 is 0. The molecule has 1 heterocycles. The van der Waals surface area contributed by atoms with Gasteiger partial charge in [0.2, 0.25) is 5.91 Å². The van der Waals surface area contributed by atoms with Crippen molar-refractivity contribution in [3.8, 4) is 0 Å². The highest BCUT2D eigenvalue weighted by Gasteiger charge is 2.42. The van der Waals surface area contributed by atoms with Gasteiger partial charge in [0.05, 0.1) is 0 Å². The molecular weight excluding hydrogens is 186 g/mol. The molecule has 1 fully saturated rings. The van der Waals surface area contributed by atoms with E-state index in [-0.39, 0.29) is 5.91 Å². The highest BCUT2D eigenvalue weighted by atomic mass is 16.2. The van der Waals surface area contributed by atoms with Crippen molar-refractivity contribution in [3.05, 3.63) is 29.8 Å². The number of nitrogens with zero attached hydrogens (tertiary/aromatic N) is 1. The maximum atomic E-state index is 11.7. The predicted octanol–water partition coefficient (Wildman–Crippen LogP) is 2.69. The number of rotatable bonds is 0. The topological polar surface area (TPSA) is 20.3 Å². The molecule has 3 rings (SSSR count). The van der Waals surface area contributed by atoms with Crippen LogP contribution >= 0.6 is 0 Å². The van der Waals surface area contributed by atoms with Gasteiger partial charge in [-0.1, -0.05) is 24.6 Å². The number of para-hydroxylation sites is 1. The summed E-state index contributed by atoms with van der Waals surface area (Å²) in [6.07, 6.45) is 3.66. The maximum Gasteiger partial charge on any atom is 0.224 e. The number of hydrogen-bond donors (Lipinski definition) is 0. The molecule has 2 nitrogen and oxygen atoms in total. The highest BCUT2D eigenvalue weighted by molar-refractivity contribution is 5.95. The number of carbonyl (C=O) groups is 1. The van der Waals surface area contributed by atoms with Crippen LogP contribution in [-0.4, -0.2) is 11.9 Å². The molecule has 2 aliphatic rings. The third-order valence-corrected chi connectivity index (χ3v) is 3.75. The van der Waals surface area contributed by atoms with Crippen LogP contribution in [0, 0.1) is 0 Å². The lowest BCUT2D eigenvalue weighted by atomic mass is 9.98. The summed E-state index contributed by atoms with van der Waals surface area (Å²) in [5, 5.41) is 0. The minimum absolute atomic E-state index is 0.192. The van der Waals surface area contributed by atoms with Crippen molar-refractivity contribution < 1.29 is 4.79 Å². The van der Waals surface area contributed by atoms with Gasteiger partial charge >= 0.3 is 0 Å². The Morgan fingerprint density at radius 3 is 2.93 bits per heavy atom. The molecule has 0 radical (unpaired) electrons. The molecule has 0 unspecified atom stereocenters. The van der Waals surface area contributed by atoms with Gasteiger partial charge in [0, 0.05) is 24.6 Å². The lowest BCUT2D eigenvalue weighted by Crippen LogP contribution is -2.35. The van der Waals surface area contributed by atoms with Crippen LogP contribution in [0.15, 0.2) is 24.3 Å². The molecule has 2 heteroatoms. The number of fused-ring (bicyclic) bond motifs is 3. The quantitative estimate of drug-likeness (QED) is 0.632. The van der Waals surface area contributed by atoms with Crippen molar-refractivity contribution in [1.82, 2.24) is 0 Å². The number of amides is 1. The summed E-state index contributed by atoms with van der Waals surface area (Å²) in [6, 6.07) is 8.81. The Morgan fingerprint density at radius 1 is 1.33 bits per heavy atom. The minimum atomic E-state index is 0.192. The largest absolute Gasteiger partial charge is 0.309 e. The van der Waals surface area contributed by atoms with E-state index in [1.54, 1.807) is 6.92 Å². The maximum absolute atomic E-state index is 11.7. The first-order valence-corrected chi connectivity index (χ1v) is 5.68. The number of benzene rings is 1. The Hall–Kier alpha value is -1.31. The molecule has 1 aliphatic heterocycles. The van der Waals surface area contributed by atoms with Gasteiger partial charge in [-0.15, -0.1) is 0 Å². The van der Waals surface area contributed by atoms with Crippen molar-refractivity contribution in [2.75, 3.05) is 4.90 Å². The van der Waals surface area contributed by atoms with Crippen LogP contribution in [0.4, 0.5) is 5.69 Å².